The average molecular weight is 581 g/mol. The fraction of sp³-hybridized carbons (Fsp3) is 0.357. The van der Waals surface area contributed by atoms with E-state index >= 15 is 0 Å². The standard InChI is InChI=1S/C28H28N4O10/c1-4-28(40)18-8-21-23-16(11-32(21)24(35)17(18)12-41-26(28)38)15(10-31(2)3)14-7-13(5-6-19(14)29-23)42-27(39)30-20(25(36)37)9-22(33)34/h5-8,20,40H,4,9-12H2,1-3H3,(H,30,39)(H,33,34)(H,36,37)/t20-,28+/m1/s1. The van der Waals surface area contributed by atoms with Crippen LogP contribution in [0.2, 0.25) is 0 Å². The van der Waals surface area contributed by atoms with Crippen molar-refractivity contribution in [2.45, 2.75) is 51.1 Å². The molecule has 0 saturated carbocycles. The number of fused-ring (bicyclic) bond motifs is 5. The molecule has 42 heavy (non-hydrogen) atoms. The summed E-state index contributed by atoms with van der Waals surface area (Å²) in [7, 11) is 3.72. The lowest BCUT2D eigenvalue weighted by atomic mass is 9.86. The maximum atomic E-state index is 13.6. The summed E-state index contributed by atoms with van der Waals surface area (Å²) in [6.07, 6.45) is -1.95. The number of pyridine rings is 2. The van der Waals surface area contributed by atoms with Gasteiger partial charge in [0.05, 0.1) is 35.4 Å². The second kappa shape index (κ2) is 10.5. The van der Waals surface area contributed by atoms with E-state index in [0.29, 0.717) is 28.8 Å². The van der Waals surface area contributed by atoms with Gasteiger partial charge in [-0.25, -0.2) is 19.4 Å². The number of cyclic esters (lactones) is 1. The minimum Gasteiger partial charge on any atom is -0.481 e. The highest BCUT2D eigenvalue weighted by atomic mass is 16.6. The first-order valence-electron chi connectivity index (χ1n) is 13.0. The van der Waals surface area contributed by atoms with Crippen molar-refractivity contribution in [3.63, 3.8) is 0 Å². The third-order valence-corrected chi connectivity index (χ3v) is 7.43. The van der Waals surface area contributed by atoms with Crippen LogP contribution < -0.4 is 15.6 Å². The highest BCUT2D eigenvalue weighted by Crippen LogP contribution is 2.40. The topological polar surface area (TPSA) is 198 Å². The Morgan fingerprint density at radius 3 is 2.57 bits per heavy atom. The number of benzene rings is 1. The molecule has 220 valence electrons. The maximum Gasteiger partial charge on any atom is 0.413 e. The summed E-state index contributed by atoms with van der Waals surface area (Å²) in [5.74, 6) is -3.67. The zero-order chi connectivity index (χ0) is 30.5. The Balaban J connectivity index is 1.58. The summed E-state index contributed by atoms with van der Waals surface area (Å²) < 4.78 is 11.9. The van der Waals surface area contributed by atoms with Crippen LogP contribution in [0.4, 0.5) is 4.79 Å². The van der Waals surface area contributed by atoms with Gasteiger partial charge in [0.25, 0.3) is 5.56 Å². The van der Waals surface area contributed by atoms with Crippen LogP contribution in [0.25, 0.3) is 22.3 Å². The van der Waals surface area contributed by atoms with Crippen molar-refractivity contribution in [3.05, 3.63) is 56.9 Å². The molecule has 5 rings (SSSR count). The molecule has 1 aromatic carbocycles. The predicted octanol–water partition coefficient (Wildman–Crippen LogP) is 1.16. The number of rotatable bonds is 8. The summed E-state index contributed by atoms with van der Waals surface area (Å²) in [4.78, 5) is 67.4. The van der Waals surface area contributed by atoms with Crippen LogP contribution in [0.15, 0.2) is 29.1 Å². The quantitative estimate of drug-likeness (QED) is 0.217. The smallest absolute Gasteiger partial charge is 0.413 e. The van der Waals surface area contributed by atoms with Gasteiger partial charge in [-0.05, 0) is 50.3 Å². The van der Waals surface area contributed by atoms with Gasteiger partial charge in [0, 0.05) is 23.1 Å². The van der Waals surface area contributed by atoms with Crippen molar-refractivity contribution in [1.29, 1.82) is 0 Å². The van der Waals surface area contributed by atoms with Crippen molar-refractivity contribution >= 4 is 34.9 Å². The lowest BCUT2D eigenvalue weighted by Gasteiger charge is -2.31. The van der Waals surface area contributed by atoms with Gasteiger partial charge in [0.15, 0.2) is 5.60 Å². The first-order chi connectivity index (χ1) is 19.8. The molecule has 2 aliphatic rings. The monoisotopic (exact) mass is 580 g/mol. The van der Waals surface area contributed by atoms with Gasteiger partial charge in [-0.15, -0.1) is 0 Å². The minimum absolute atomic E-state index is 0.0193. The molecule has 2 aromatic heterocycles. The largest absolute Gasteiger partial charge is 0.481 e. The number of nitrogens with zero attached hydrogens (tertiary/aromatic N) is 3. The van der Waals surface area contributed by atoms with Crippen LogP contribution in [0.1, 0.15) is 42.0 Å². The first kappa shape index (κ1) is 28.7. The number of carbonyl (C=O) groups is 4. The van der Waals surface area contributed by atoms with Crippen LogP contribution in [0.3, 0.4) is 0 Å². The SMILES string of the molecule is CC[C@@]1(O)C(=O)OCc2c1cc1n(c2=O)Cc2c-1nc1ccc(OC(=O)N[C@H](CC(=O)O)C(=O)O)cc1c2CN(C)C. The van der Waals surface area contributed by atoms with Crippen LogP contribution >= 0.6 is 0 Å². The number of esters is 1. The molecule has 0 unspecified atom stereocenters. The molecule has 0 radical (unpaired) electrons. The first-order valence-corrected chi connectivity index (χ1v) is 13.0. The molecule has 0 spiro atoms. The van der Waals surface area contributed by atoms with E-state index in [-0.39, 0.29) is 36.4 Å². The van der Waals surface area contributed by atoms with Gasteiger partial charge < -0.3 is 39.6 Å². The number of carboxylic acids is 2. The molecule has 0 bridgehead atoms. The van der Waals surface area contributed by atoms with E-state index in [1.54, 1.807) is 25.1 Å². The van der Waals surface area contributed by atoms with E-state index in [1.807, 2.05) is 24.3 Å². The Labute approximate surface area is 238 Å². The predicted molar refractivity (Wildman–Crippen MR) is 145 cm³/mol. The number of hydrogen-bond acceptors (Lipinski definition) is 10. The maximum absolute atomic E-state index is 13.6. The number of aromatic nitrogens is 2. The van der Waals surface area contributed by atoms with Gasteiger partial charge in [-0.2, -0.15) is 0 Å². The van der Waals surface area contributed by atoms with E-state index in [2.05, 4.69) is 0 Å². The number of hydrogen-bond donors (Lipinski definition) is 4. The van der Waals surface area contributed by atoms with Gasteiger partial charge >= 0.3 is 24.0 Å². The molecule has 0 fully saturated rings. The number of carbonyl (C=O) groups excluding carboxylic acids is 2. The average Bonchev–Trinajstić information content (AvgIpc) is 3.29. The Kier molecular flexibility index (Phi) is 7.20. The van der Waals surface area contributed by atoms with Crippen molar-refractivity contribution < 1.29 is 44.0 Å². The molecule has 3 aromatic rings. The third-order valence-electron chi connectivity index (χ3n) is 7.43. The van der Waals surface area contributed by atoms with Gasteiger partial charge in [-0.1, -0.05) is 6.92 Å². The number of aliphatic hydroxyl groups is 1. The number of ether oxygens (including phenoxy) is 2. The van der Waals surface area contributed by atoms with E-state index in [1.165, 1.54) is 10.6 Å². The molecule has 2 atom stereocenters. The lowest BCUT2D eigenvalue weighted by Crippen LogP contribution is -2.44. The van der Waals surface area contributed by atoms with Crippen LogP contribution in [0.5, 0.6) is 5.75 Å². The lowest BCUT2D eigenvalue weighted by molar-refractivity contribution is -0.172. The fourth-order valence-electron chi connectivity index (χ4n) is 5.35. The van der Waals surface area contributed by atoms with Crippen LogP contribution in [0, 0.1) is 0 Å². The summed E-state index contributed by atoms with van der Waals surface area (Å²) in [6, 6.07) is 4.56. The molecule has 4 heterocycles. The highest BCUT2D eigenvalue weighted by molar-refractivity contribution is 5.91. The van der Waals surface area contributed by atoms with E-state index in [9.17, 15) is 34.2 Å². The second-order valence-electron chi connectivity index (χ2n) is 10.5. The summed E-state index contributed by atoms with van der Waals surface area (Å²) >= 11 is 0. The molecule has 2 aliphatic heterocycles. The second-order valence-corrected chi connectivity index (χ2v) is 10.5. The number of nitrogens with one attached hydrogen (secondary N) is 1. The van der Waals surface area contributed by atoms with Crippen molar-refractivity contribution in [1.82, 2.24) is 19.8 Å². The van der Waals surface area contributed by atoms with E-state index < -0.39 is 47.6 Å². The highest BCUT2D eigenvalue weighted by Gasteiger charge is 2.45. The van der Waals surface area contributed by atoms with E-state index in [0.717, 1.165) is 11.1 Å². The zero-order valence-corrected chi connectivity index (χ0v) is 23.0. The number of amides is 1. The number of aliphatic carboxylic acids is 2. The van der Waals surface area contributed by atoms with Gasteiger partial charge in [0.1, 0.15) is 18.4 Å². The van der Waals surface area contributed by atoms with Crippen LogP contribution in [-0.2, 0) is 44.4 Å². The summed E-state index contributed by atoms with van der Waals surface area (Å²) in [6.45, 7) is 1.97. The van der Waals surface area contributed by atoms with Crippen LogP contribution in [-0.4, -0.2) is 73.9 Å². The van der Waals surface area contributed by atoms with Crippen molar-refractivity contribution in [2.75, 3.05) is 14.1 Å². The van der Waals surface area contributed by atoms with Crippen molar-refractivity contribution in [3.8, 4) is 17.1 Å². The molecule has 4 N–H and O–H groups in total. The Hall–Kier alpha value is -4.82. The Morgan fingerprint density at radius 2 is 1.93 bits per heavy atom. The summed E-state index contributed by atoms with van der Waals surface area (Å²) in [5.41, 5.74) is 1.07. The molecule has 0 aliphatic carbocycles. The minimum atomic E-state index is -1.95. The Morgan fingerprint density at radius 1 is 1.19 bits per heavy atom. The van der Waals surface area contributed by atoms with E-state index in [4.69, 9.17) is 19.6 Å². The third kappa shape index (κ3) is 4.84. The molecule has 1 amide bonds. The summed E-state index contributed by atoms with van der Waals surface area (Å²) in [5, 5.41) is 31.9. The molecule has 14 nitrogen and oxygen atoms in total. The Bertz CT molecular complexity index is 1730. The fourth-order valence-corrected chi connectivity index (χ4v) is 5.35. The molecular weight excluding hydrogens is 552 g/mol. The van der Waals surface area contributed by atoms with Crippen molar-refractivity contribution in [2.24, 2.45) is 0 Å². The molecular formula is C28H28N4O10. The normalized spacial score (nSPS) is 17.7. The zero-order valence-electron chi connectivity index (χ0n) is 23.0. The van der Waals surface area contributed by atoms with Gasteiger partial charge in [0.2, 0.25) is 0 Å². The van der Waals surface area contributed by atoms with Gasteiger partial charge in [-0.3, -0.25) is 9.59 Å². The molecule has 14 heteroatoms. The molecule has 0 saturated heterocycles. The number of carboxylic acid groups (broad SMARTS) is 2.